The molecule has 2 aromatic rings. The average Bonchev–Trinajstić information content (AvgIpc) is 3.10. The molecule has 2 saturated heterocycles. The van der Waals surface area contributed by atoms with Gasteiger partial charge in [0.05, 0.1) is 12.1 Å². The molecular weight excluding hydrogens is 290 g/mol. The maximum Gasteiger partial charge on any atom is 0.225 e. The van der Waals surface area contributed by atoms with E-state index < -0.39 is 0 Å². The van der Waals surface area contributed by atoms with E-state index in [1.54, 1.807) is 6.20 Å². The molecule has 2 aromatic heterocycles. The molecule has 0 bridgehead atoms. The average molecular weight is 309 g/mol. The van der Waals surface area contributed by atoms with Crippen molar-refractivity contribution >= 4 is 11.9 Å². The Labute approximate surface area is 135 Å². The fourth-order valence-corrected chi connectivity index (χ4v) is 3.60. The summed E-state index contributed by atoms with van der Waals surface area (Å²) in [5, 5.41) is 0. The summed E-state index contributed by atoms with van der Waals surface area (Å²) in [6, 6.07) is 4.35. The van der Waals surface area contributed by atoms with Gasteiger partial charge in [0, 0.05) is 44.3 Å². The number of rotatable bonds is 3. The van der Waals surface area contributed by atoms with Crippen LogP contribution in [0.25, 0.3) is 0 Å². The van der Waals surface area contributed by atoms with E-state index in [0.717, 1.165) is 30.0 Å². The summed E-state index contributed by atoms with van der Waals surface area (Å²) in [4.78, 5) is 29.6. The van der Waals surface area contributed by atoms with Crippen molar-refractivity contribution in [3.8, 4) is 0 Å². The van der Waals surface area contributed by atoms with Crippen LogP contribution >= 0.6 is 0 Å². The number of fused-ring (bicyclic) bond motifs is 1. The highest BCUT2D eigenvalue weighted by Crippen LogP contribution is 2.35. The second kappa shape index (κ2) is 5.61. The van der Waals surface area contributed by atoms with Crippen molar-refractivity contribution in [3.63, 3.8) is 0 Å². The number of likely N-dealkylation sites (tertiary alicyclic amines) is 1. The van der Waals surface area contributed by atoms with E-state index >= 15 is 0 Å². The van der Waals surface area contributed by atoms with E-state index in [2.05, 4.69) is 19.9 Å². The van der Waals surface area contributed by atoms with E-state index in [-0.39, 0.29) is 18.0 Å². The van der Waals surface area contributed by atoms with Crippen LogP contribution in [0.4, 0.5) is 5.95 Å². The lowest BCUT2D eigenvalue weighted by molar-refractivity contribution is -0.129. The first-order valence-corrected chi connectivity index (χ1v) is 7.96. The summed E-state index contributed by atoms with van der Waals surface area (Å²) >= 11 is 0. The van der Waals surface area contributed by atoms with Crippen molar-refractivity contribution in [1.29, 1.82) is 0 Å². The number of anilines is 1. The zero-order valence-corrected chi connectivity index (χ0v) is 13.1. The normalized spacial score (nSPS) is 23.4. The monoisotopic (exact) mass is 309 g/mol. The van der Waals surface area contributed by atoms with Crippen molar-refractivity contribution in [2.24, 2.45) is 0 Å². The number of amides is 1. The van der Waals surface area contributed by atoms with Gasteiger partial charge in [-0.2, -0.15) is 0 Å². The Morgan fingerprint density at radius 1 is 1.22 bits per heavy atom. The molecule has 6 nitrogen and oxygen atoms in total. The van der Waals surface area contributed by atoms with Gasteiger partial charge in [0.25, 0.3) is 0 Å². The molecule has 0 spiro atoms. The Kier molecular flexibility index (Phi) is 3.44. The molecule has 2 fully saturated rings. The number of nitrogens with zero attached hydrogens (tertiary/aromatic N) is 5. The number of carbonyl (C=O) groups excluding carboxylic acids is 1. The molecule has 6 heteroatoms. The van der Waals surface area contributed by atoms with Gasteiger partial charge in [-0.15, -0.1) is 0 Å². The highest BCUT2D eigenvalue weighted by Gasteiger charge is 2.47. The quantitative estimate of drug-likeness (QED) is 0.861. The van der Waals surface area contributed by atoms with E-state index in [9.17, 15) is 4.79 Å². The molecule has 4 rings (SSSR count). The van der Waals surface area contributed by atoms with E-state index in [1.807, 2.05) is 42.5 Å². The molecular formula is C17H19N5O. The van der Waals surface area contributed by atoms with Gasteiger partial charge in [0.1, 0.15) is 0 Å². The van der Waals surface area contributed by atoms with Gasteiger partial charge in [0.15, 0.2) is 0 Å². The standard InChI is InChI=1S/C17H19N5O/c1-12-8-19-17(20-9-12)21-6-4-14-15(21)7-16(23)22(14)11-13-3-2-5-18-10-13/h2-3,5,8-10,14-15H,4,6-7,11H2,1H3/t14-,15-/m0/s1. The molecule has 0 radical (unpaired) electrons. The zero-order valence-electron chi connectivity index (χ0n) is 13.1. The lowest BCUT2D eigenvalue weighted by Gasteiger charge is -2.25. The molecule has 4 heterocycles. The Hall–Kier alpha value is -2.50. The number of hydrogen-bond donors (Lipinski definition) is 0. The highest BCUT2D eigenvalue weighted by atomic mass is 16.2. The van der Waals surface area contributed by atoms with Gasteiger partial charge in [-0.1, -0.05) is 6.07 Å². The molecule has 1 amide bonds. The summed E-state index contributed by atoms with van der Waals surface area (Å²) < 4.78 is 0. The van der Waals surface area contributed by atoms with Crippen molar-refractivity contribution < 1.29 is 4.79 Å². The van der Waals surface area contributed by atoms with Crippen LogP contribution in [0.5, 0.6) is 0 Å². The molecule has 0 N–H and O–H groups in total. The van der Waals surface area contributed by atoms with Gasteiger partial charge in [0.2, 0.25) is 11.9 Å². The predicted molar refractivity (Wildman–Crippen MR) is 85.7 cm³/mol. The number of aromatic nitrogens is 3. The van der Waals surface area contributed by atoms with Crippen LogP contribution in [0.1, 0.15) is 24.0 Å². The second-order valence-electron chi connectivity index (χ2n) is 6.26. The van der Waals surface area contributed by atoms with E-state index in [4.69, 9.17) is 0 Å². The topological polar surface area (TPSA) is 62.2 Å². The Balaban J connectivity index is 1.54. The van der Waals surface area contributed by atoms with Crippen LogP contribution in [-0.4, -0.2) is 44.4 Å². The third-order valence-corrected chi connectivity index (χ3v) is 4.71. The Bertz CT molecular complexity index is 703. The largest absolute Gasteiger partial charge is 0.335 e. The number of pyridine rings is 1. The summed E-state index contributed by atoms with van der Waals surface area (Å²) in [7, 11) is 0. The van der Waals surface area contributed by atoms with Crippen LogP contribution in [0.2, 0.25) is 0 Å². The second-order valence-corrected chi connectivity index (χ2v) is 6.26. The SMILES string of the molecule is Cc1cnc(N2CC[C@H]3[C@@H]2CC(=O)N3Cc2cccnc2)nc1. The molecule has 0 saturated carbocycles. The first kappa shape index (κ1) is 14.1. The van der Waals surface area contributed by atoms with Crippen LogP contribution < -0.4 is 4.90 Å². The first-order valence-electron chi connectivity index (χ1n) is 7.96. The molecule has 2 aliphatic rings. The van der Waals surface area contributed by atoms with Crippen LogP contribution in [0.3, 0.4) is 0 Å². The van der Waals surface area contributed by atoms with Crippen molar-refractivity contribution in [2.75, 3.05) is 11.4 Å². The van der Waals surface area contributed by atoms with Gasteiger partial charge < -0.3 is 9.80 Å². The van der Waals surface area contributed by atoms with Crippen molar-refractivity contribution in [3.05, 3.63) is 48.0 Å². The van der Waals surface area contributed by atoms with E-state index in [0.29, 0.717) is 13.0 Å². The zero-order chi connectivity index (χ0) is 15.8. The van der Waals surface area contributed by atoms with Crippen molar-refractivity contribution in [1.82, 2.24) is 19.9 Å². The molecule has 23 heavy (non-hydrogen) atoms. The van der Waals surface area contributed by atoms with Crippen molar-refractivity contribution in [2.45, 2.75) is 38.4 Å². The van der Waals surface area contributed by atoms with Gasteiger partial charge in [-0.25, -0.2) is 9.97 Å². The maximum atomic E-state index is 12.5. The summed E-state index contributed by atoms with van der Waals surface area (Å²) in [6.07, 6.45) is 8.76. The number of aryl methyl sites for hydroxylation is 1. The Morgan fingerprint density at radius 3 is 2.78 bits per heavy atom. The summed E-state index contributed by atoms with van der Waals surface area (Å²) in [5.41, 5.74) is 2.12. The van der Waals surface area contributed by atoms with Gasteiger partial charge in [-0.05, 0) is 30.5 Å². The maximum absolute atomic E-state index is 12.5. The lowest BCUT2D eigenvalue weighted by Crippen LogP contribution is -2.37. The lowest BCUT2D eigenvalue weighted by atomic mass is 10.1. The number of hydrogen-bond acceptors (Lipinski definition) is 5. The van der Waals surface area contributed by atoms with Crippen LogP contribution in [-0.2, 0) is 11.3 Å². The minimum atomic E-state index is 0.182. The third-order valence-electron chi connectivity index (χ3n) is 4.71. The summed E-state index contributed by atoms with van der Waals surface area (Å²) in [5.74, 6) is 0.944. The fraction of sp³-hybridized carbons (Fsp3) is 0.412. The smallest absolute Gasteiger partial charge is 0.225 e. The highest BCUT2D eigenvalue weighted by molar-refractivity contribution is 5.81. The molecule has 118 valence electrons. The molecule has 0 unspecified atom stereocenters. The Morgan fingerprint density at radius 2 is 2.04 bits per heavy atom. The fourth-order valence-electron chi connectivity index (χ4n) is 3.60. The van der Waals surface area contributed by atoms with Gasteiger partial charge >= 0.3 is 0 Å². The number of carbonyl (C=O) groups is 1. The van der Waals surface area contributed by atoms with Crippen LogP contribution in [0, 0.1) is 6.92 Å². The van der Waals surface area contributed by atoms with Gasteiger partial charge in [-0.3, -0.25) is 9.78 Å². The molecule has 2 atom stereocenters. The summed E-state index contributed by atoms with van der Waals surface area (Å²) in [6.45, 7) is 3.51. The first-order chi connectivity index (χ1) is 11.2. The van der Waals surface area contributed by atoms with E-state index in [1.165, 1.54) is 0 Å². The minimum Gasteiger partial charge on any atom is -0.335 e. The molecule has 0 aliphatic carbocycles. The molecule has 2 aliphatic heterocycles. The third kappa shape index (κ3) is 2.54. The molecule has 0 aromatic carbocycles. The predicted octanol–water partition coefficient (Wildman–Crippen LogP) is 1.56. The minimum absolute atomic E-state index is 0.182. The van der Waals surface area contributed by atoms with Crippen LogP contribution in [0.15, 0.2) is 36.9 Å².